The quantitative estimate of drug-likeness (QED) is 0.688. The van der Waals surface area contributed by atoms with Crippen LogP contribution in [0.3, 0.4) is 0 Å². The van der Waals surface area contributed by atoms with E-state index < -0.39 is 0 Å². The summed E-state index contributed by atoms with van der Waals surface area (Å²) in [7, 11) is 0. The Labute approximate surface area is 154 Å². The van der Waals surface area contributed by atoms with Crippen LogP contribution in [0, 0.1) is 0 Å². The zero-order chi connectivity index (χ0) is 15.9. The number of carbonyl (C=O) groups excluding carboxylic acids is 1. The van der Waals surface area contributed by atoms with Crippen molar-refractivity contribution in [1.82, 2.24) is 20.1 Å². The third kappa shape index (κ3) is 6.09. The highest BCUT2D eigenvalue weighted by molar-refractivity contribution is 5.92. The molecule has 134 valence electrons. The van der Waals surface area contributed by atoms with Gasteiger partial charge in [0.2, 0.25) is 5.91 Å². The number of benzene rings is 1. The van der Waals surface area contributed by atoms with E-state index in [1.165, 1.54) is 0 Å². The van der Waals surface area contributed by atoms with E-state index in [0.29, 0.717) is 24.7 Å². The average Bonchev–Trinajstić information content (AvgIpc) is 3.02. The zero-order valence-corrected chi connectivity index (χ0v) is 15.4. The summed E-state index contributed by atoms with van der Waals surface area (Å²) in [6.07, 6.45) is 0. The van der Waals surface area contributed by atoms with Gasteiger partial charge in [-0.1, -0.05) is 13.8 Å². The van der Waals surface area contributed by atoms with E-state index in [-0.39, 0.29) is 30.7 Å². The first-order valence-electron chi connectivity index (χ1n) is 7.40. The van der Waals surface area contributed by atoms with E-state index in [0.717, 1.165) is 24.3 Å². The van der Waals surface area contributed by atoms with Crippen LogP contribution in [0.2, 0.25) is 0 Å². The Bertz CT molecular complexity index is 613. The Morgan fingerprint density at radius 1 is 1.21 bits per heavy atom. The fourth-order valence-corrected chi connectivity index (χ4v) is 2.07. The van der Waals surface area contributed by atoms with Gasteiger partial charge in [-0.25, -0.2) is 4.98 Å². The molecule has 1 aromatic carbocycles. The summed E-state index contributed by atoms with van der Waals surface area (Å²) in [5.41, 5.74) is 7.13. The smallest absolute Gasteiger partial charge is 0.238 e. The summed E-state index contributed by atoms with van der Waals surface area (Å²) in [6.45, 7) is 6.52. The fraction of sp³-hybridized carbons (Fsp3) is 0.400. The van der Waals surface area contributed by atoms with Crippen LogP contribution in [0.15, 0.2) is 24.3 Å². The minimum atomic E-state index is -0.0141. The number of rotatable bonds is 7. The molecule has 0 bridgehead atoms. The molecule has 1 aromatic heterocycles. The molecule has 24 heavy (non-hydrogen) atoms. The highest BCUT2D eigenvalue weighted by Gasteiger charge is 2.08. The monoisotopic (exact) mass is 374 g/mol. The Morgan fingerprint density at radius 3 is 2.33 bits per heavy atom. The minimum Gasteiger partial charge on any atom is -0.325 e. The molecule has 0 saturated carbocycles. The Kier molecular flexibility index (Phi) is 10.2. The number of anilines is 1. The molecular formula is C15H24Cl2N6O. The number of amides is 1. The van der Waals surface area contributed by atoms with Crippen LogP contribution >= 0.6 is 24.8 Å². The highest BCUT2D eigenvalue weighted by Crippen LogP contribution is 2.17. The summed E-state index contributed by atoms with van der Waals surface area (Å²) in [6, 6.07) is 7.43. The minimum absolute atomic E-state index is 0. The van der Waals surface area contributed by atoms with Crippen LogP contribution in [-0.2, 0) is 11.3 Å². The molecule has 0 aliphatic carbocycles. The van der Waals surface area contributed by atoms with E-state index in [9.17, 15) is 4.79 Å². The molecular weight excluding hydrogens is 351 g/mol. The van der Waals surface area contributed by atoms with E-state index in [1.54, 1.807) is 0 Å². The van der Waals surface area contributed by atoms with Crippen molar-refractivity contribution < 1.29 is 4.79 Å². The van der Waals surface area contributed by atoms with Crippen LogP contribution in [0.25, 0.3) is 11.4 Å². The number of hydrogen-bond donors (Lipinski definition) is 3. The lowest BCUT2D eigenvalue weighted by Gasteiger charge is -2.17. The Balaban J connectivity index is 0.00000264. The van der Waals surface area contributed by atoms with Crippen molar-refractivity contribution in [2.24, 2.45) is 5.73 Å². The second-order valence-corrected chi connectivity index (χ2v) is 4.90. The number of aromatic nitrogens is 3. The first-order valence-corrected chi connectivity index (χ1v) is 7.40. The van der Waals surface area contributed by atoms with Crippen LogP contribution < -0.4 is 11.1 Å². The molecule has 0 saturated heterocycles. The number of hydrogen-bond acceptors (Lipinski definition) is 5. The van der Waals surface area contributed by atoms with Crippen LogP contribution in [0.5, 0.6) is 0 Å². The fourth-order valence-electron chi connectivity index (χ4n) is 2.07. The highest BCUT2D eigenvalue weighted by atomic mass is 35.5. The topological polar surface area (TPSA) is 99.9 Å². The van der Waals surface area contributed by atoms with Crippen molar-refractivity contribution in [3.63, 3.8) is 0 Å². The molecule has 9 heteroatoms. The van der Waals surface area contributed by atoms with Crippen molar-refractivity contribution in [1.29, 1.82) is 0 Å². The molecule has 2 rings (SSSR count). The predicted octanol–water partition coefficient (Wildman–Crippen LogP) is 2.05. The summed E-state index contributed by atoms with van der Waals surface area (Å²) >= 11 is 0. The van der Waals surface area contributed by atoms with Gasteiger partial charge in [0.05, 0.1) is 13.1 Å². The van der Waals surface area contributed by atoms with Gasteiger partial charge in [-0.05, 0) is 37.4 Å². The third-order valence-corrected chi connectivity index (χ3v) is 3.41. The van der Waals surface area contributed by atoms with Gasteiger partial charge in [-0.2, -0.15) is 5.10 Å². The third-order valence-electron chi connectivity index (χ3n) is 3.41. The number of nitrogens with zero attached hydrogens (tertiary/aromatic N) is 3. The summed E-state index contributed by atoms with van der Waals surface area (Å²) in [5.74, 6) is 1.23. The van der Waals surface area contributed by atoms with Gasteiger partial charge in [-0.3, -0.25) is 14.8 Å². The summed E-state index contributed by atoms with van der Waals surface area (Å²) in [4.78, 5) is 18.3. The Hall–Kier alpha value is -1.67. The lowest BCUT2D eigenvalue weighted by molar-refractivity contribution is -0.117. The zero-order valence-electron chi connectivity index (χ0n) is 13.8. The molecule has 0 radical (unpaired) electrons. The SMILES string of the molecule is CCN(CC)CC(=O)Nc1ccc(-c2n[nH]c(CN)n2)cc1.Cl.Cl. The standard InChI is InChI=1S/C15H22N6O.2ClH/c1-3-21(4-2)10-14(22)17-12-7-5-11(6-8-12)15-18-13(9-16)19-20-15;;/h5-8H,3-4,9-10,16H2,1-2H3,(H,17,22)(H,18,19,20);2*1H. The molecule has 1 amide bonds. The van der Waals surface area contributed by atoms with Crippen molar-refractivity contribution >= 4 is 36.4 Å². The van der Waals surface area contributed by atoms with Gasteiger partial charge in [0, 0.05) is 11.3 Å². The summed E-state index contributed by atoms with van der Waals surface area (Å²) in [5, 5.41) is 9.76. The molecule has 4 N–H and O–H groups in total. The molecule has 0 spiro atoms. The lowest BCUT2D eigenvalue weighted by Crippen LogP contribution is -2.32. The normalized spacial score (nSPS) is 10.0. The van der Waals surface area contributed by atoms with Crippen molar-refractivity contribution in [2.45, 2.75) is 20.4 Å². The number of likely N-dealkylation sites (N-methyl/N-ethyl adjacent to an activating group) is 1. The lowest BCUT2D eigenvalue weighted by atomic mass is 10.2. The van der Waals surface area contributed by atoms with Gasteiger partial charge in [-0.15, -0.1) is 24.8 Å². The van der Waals surface area contributed by atoms with Crippen LogP contribution in [0.1, 0.15) is 19.7 Å². The largest absolute Gasteiger partial charge is 0.325 e. The van der Waals surface area contributed by atoms with E-state index >= 15 is 0 Å². The molecule has 7 nitrogen and oxygen atoms in total. The maximum atomic E-state index is 11.9. The maximum absolute atomic E-state index is 11.9. The van der Waals surface area contributed by atoms with Crippen molar-refractivity contribution in [2.75, 3.05) is 25.0 Å². The van der Waals surface area contributed by atoms with Crippen LogP contribution in [0.4, 0.5) is 5.69 Å². The number of nitrogens with two attached hydrogens (primary N) is 1. The van der Waals surface area contributed by atoms with E-state index in [4.69, 9.17) is 5.73 Å². The number of aromatic amines is 1. The Morgan fingerprint density at radius 2 is 1.83 bits per heavy atom. The number of halogens is 2. The second kappa shape index (κ2) is 11.0. The van der Waals surface area contributed by atoms with Gasteiger partial charge in [0.15, 0.2) is 5.82 Å². The van der Waals surface area contributed by atoms with Gasteiger partial charge in [0.1, 0.15) is 5.82 Å². The first kappa shape index (κ1) is 22.3. The van der Waals surface area contributed by atoms with Gasteiger partial charge in [0.25, 0.3) is 0 Å². The van der Waals surface area contributed by atoms with Crippen molar-refractivity contribution in [3.05, 3.63) is 30.1 Å². The molecule has 2 aromatic rings. The first-order chi connectivity index (χ1) is 10.7. The van der Waals surface area contributed by atoms with Gasteiger partial charge >= 0.3 is 0 Å². The number of nitrogens with one attached hydrogen (secondary N) is 2. The molecule has 1 heterocycles. The molecule has 0 atom stereocenters. The number of carbonyl (C=O) groups is 1. The summed E-state index contributed by atoms with van der Waals surface area (Å²) < 4.78 is 0. The molecule has 0 aliphatic rings. The number of H-pyrrole nitrogens is 1. The maximum Gasteiger partial charge on any atom is 0.238 e. The van der Waals surface area contributed by atoms with E-state index in [2.05, 4.69) is 25.4 Å². The average molecular weight is 375 g/mol. The molecule has 0 aliphatic heterocycles. The molecule has 0 unspecified atom stereocenters. The van der Waals surface area contributed by atoms with Crippen LogP contribution in [-0.4, -0.2) is 45.6 Å². The van der Waals surface area contributed by atoms with Crippen molar-refractivity contribution in [3.8, 4) is 11.4 Å². The molecule has 0 fully saturated rings. The van der Waals surface area contributed by atoms with E-state index in [1.807, 2.05) is 38.1 Å². The second-order valence-electron chi connectivity index (χ2n) is 4.90. The predicted molar refractivity (Wildman–Crippen MR) is 101 cm³/mol. The van der Waals surface area contributed by atoms with Gasteiger partial charge < -0.3 is 11.1 Å².